The molecule has 2 atom stereocenters. The number of rotatable bonds is 16. The number of aromatic nitrogens is 2. The van der Waals surface area contributed by atoms with Gasteiger partial charge in [-0.1, -0.05) is 39.8 Å². The lowest BCUT2D eigenvalue weighted by atomic mass is 10.0. The Morgan fingerprint density at radius 1 is 0.659 bits per heavy atom. The summed E-state index contributed by atoms with van der Waals surface area (Å²) < 4.78 is 0. The van der Waals surface area contributed by atoms with Gasteiger partial charge in [0.1, 0.15) is 23.5 Å². The Kier molecular flexibility index (Phi) is 13.5. The molecule has 44 heavy (non-hydrogen) atoms. The van der Waals surface area contributed by atoms with Gasteiger partial charge in [0, 0.05) is 0 Å². The minimum Gasteiger partial charge on any atom is -0.480 e. The number of nitrogens with zero attached hydrogens (tertiary/aromatic N) is 4. The maximum atomic E-state index is 12.5. The van der Waals surface area contributed by atoms with Crippen molar-refractivity contribution < 1.29 is 39.0 Å². The van der Waals surface area contributed by atoms with Gasteiger partial charge in [-0.05, 0) is 48.9 Å². The molecule has 236 valence electrons. The lowest BCUT2D eigenvalue weighted by Gasteiger charge is -2.16. The number of hydrogen-bond acceptors (Lipinski definition) is 10. The van der Waals surface area contributed by atoms with Gasteiger partial charge >= 0.3 is 11.9 Å². The first-order valence-corrected chi connectivity index (χ1v) is 13.7. The summed E-state index contributed by atoms with van der Waals surface area (Å²) in [7, 11) is 0. The third-order valence-electron chi connectivity index (χ3n) is 5.69. The minimum absolute atomic E-state index is 0.0210. The molecule has 16 nitrogen and oxygen atoms in total. The number of azo groups is 1. The zero-order chi connectivity index (χ0) is 32.8. The van der Waals surface area contributed by atoms with Gasteiger partial charge in [0.2, 0.25) is 11.8 Å². The maximum Gasteiger partial charge on any atom is 0.326 e. The fourth-order valence-corrected chi connectivity index (χ4v) is 3.69. The molecule has 0 aromatic carbocycles. The molecule has 0 saturated heterocycles. The Balaban J connectivity index is 1.96. The molecule has 0 bridgehead atoms. The van der Waals surface area contributed by atoms with Gasteiger partial charge in [-0.3, -0.25) is 19.2 Å². The standard InChI is InChI=1S/C28H36N8O8/c1-15(2)11-19(27(41)42)33-23(37)13-29-25(39)17-7-5-9-21(31-17)35-36-22-10-6-8-18(32-22)26(40)30-14-24(38)34-20(28(43)44)12-16(3)4/h5-10,15-16,19-20H,11-14H2,1-4H3,(H,29,39)(H,30,40)(H,33,37)(H,34,38)(H,41,42)(H,43,44)/b36-35+/t19-,20-/m0/s1. The molecule has 2 aromatic rings. The van der Waals surface area contributed by atoms with Crippen LogP contribution in [-0.4, -0.2) is 80.9 Å². The molecule has 0 aliphatic rings. The Hall–Kier alpha value is -5.28. The number of amides is 4. The first kappa shape index (κ1) is 34.9. The third kappa shape index (κ3) is 12.3. The SMILES string of the molecule is CC(C)C[C@H](NC(=O)CNC(=O)c1cccc(/N=N/c2cccc(C(=O)NCC(=O)N[C@@H](CC(C)C)C(=O)O)n2)n1)C(=O)O. The number of carboxylic acid groups (broad SMARTS) is 2. The van der Waals surface area contributed by atoms with Gasteiger partial charge in [-0.2, -0.15) is 0 Å². The van der Waals surface area contributed by atoms with E-state index in [1.165, 1.54) is 36.4 Å². The number of nitrogens with one attached hydrogen (secondary N) is 4. The van der Waals surface area contributed by atoms with Crippen molar-refractivity contribution in [2.75, 3.05) is 13.1 Å². The van der Waals surface area contributed by atoms with Crippen molar-refractivity contribution in [3.05, 3.63) is 47.8 Å². The van der Waals surface area contributed by atoms with Crippen LogP contribution in [0.3, 0.4) is 0 Å². The van der Waals surface area contributed by atoms with Crippen LogP contribution in [0.2, 0.25) is 0 Å². The van der Waals surface area contributed by atoms with E-state index in [4.69, 9.17) is 0 Å². The van der Waals surface area contributed by atoms with Crippen LogP contribution in [0, 0.1) is 11.8 Å². The normalized spacial score (nSPS) is 12.4. The van der Waals surface area contributed by atoms with E-state index in [1.807, 2.05) is 27.7 Å². The zero-order valence-corrected chi connectivity index (χ0v) is 24.7. The van der Waals surface area contributed by atoms with Crippen molar-refractivity contribution in [2.24, 2.45) is 22.1 Å². The molecule has 6 N–H and O–H groups in total. The van der Waals surface area contributed by atoms with Gasteiger partial charge in [0.15, 0.2) is 11.6 Å². The highest BCUT2D eigenvalue weighted by Crippen LogP contribution is 2.15. The van der Waals surface area contributed by atoms with Crippen LogP contribution >= 0.6 is 0 Å². The summed E-state index contributed by atoms with van der Waals surface area (Å²) in [5.74, 6) is -4.98. The van der Waals surface area contributed by atoms with Crippen LogP contribution in [0.25, 0.3) is 0 Å². The van der Waals surface area contributed by atoms with Crippen molar-refractivity contribution in [1.29, 1.82) is 0 Å². The van der Waals surface area contributed by atoms with E-state index in [-0.39, 0.29) is 47.7 Å². The van der Waals surface area contributed by atoms with Gasteiger partial charge in [-0.15, -0.1) is 10.2 Å². The maximum absolute atomic E-state index is 12.5. The highest BCUT2D eigenvalue weighted by molar-refractivity contribution is 5.96. The number of aliphatic carboxylic acids is 2. The molecule has 2 heterocycles. The molecule has 0 radical (unpaired) electrons. The van der Waals surface area contributed by atoms with Crippen molar-refractivity contribution in [2.45, 2.75) is 52.6 Å². The Bertz CT molecular complexity index is 1290. The second-order valence-electron chi connectivity index (χ2n) is 10.5. The summed E-state index contributed by atoms with van der Waals surface area (Å²) in [6.45, 7) is 6.36. The van der Waals surface area contributed by atoms with Crippen LogP contribution in [-0.2, 0) is 19.2 Å². The average molecular weight is 613 g/mol. The fraction of sp³-hybridized carbons (Fsp3) is 0.429. The monoisotopic (exact) mass is 612 g/mol. The summed E-state index contributed by atoms with van der Waals surface area (Å²) in [4.78, 5) is 80.0. The first-order valence-electron chi connectivity index (χ1n) is 13.7. The minimum atomic E-state index is -1.17. The van der Waals surface area contributed by atoms with Crippen LogP contribution in [0.5, 0.6) is 0 Å². The predicted octanol–water partition coefficient (Wildman–Crippen LogP) is 1.58. The highest BCUT2D eigenvalue weighted by atomic mass is 16.4. The van der Waals surface area contributed by atoms with E-state index in [2.05, 4.69) is 41.5 Å². The van der Waals surface area contributed by atoms with Crippen molar-refractivity contribution in [1.82, 2.24) is 31.2 Å². The molecular weight excluding hydrogens is 576 g/mol. The first-order chi connectivity index (χ1) is 20.7. The lowest BCUT2D eigenvalue weighted by molar-refractivity contribution is -0.142. The Morgan fingerprint density at radius 3 is 1.34 bits per heavy atom. The van der Waals surface area contributed by atoms with E-state index in [0.717, 1.165) is 0 Å². The van der Waals surface area contributed by atoms with Crippen LogP contribution in [0.1, 0.15) is 61.5 Å². The smallest absolute Gasteiger partial charge is 0.326 e. The van der Waals surface area contributed by atoms with E-state index < -0.39 is 60.7 Å². The average Bonchev–Trinajstić information content (AvgIpc) is 2.96. The van der Waals surface area contributed by atoms with Gasteiger partial charge in [-0.25, -0.2) is 19.6 Å². The van der Waals surface area contributed by atoms with E-state index in [0.29, 0.717) is 0 Å². The summed E-state index contributed by atoms with van der Waals surface area (Å²) in [6.07, 6.45) is 0.466. The molecular formula is C28H36N8O8. The van der Waals surface area contributed by atoms with Crippen molar-refractivity contribution >= 4 is 47.2 Å². The second kappa shape index (κ2) is 17.0. The summed E-state index contributed by atoms with van der Waals surface area (Å²) >= 11 is 0. The van der Waals surface area contributed by atoms with E-state index in [9.17, 15) is 39.0 Å². The number of carboxylic acids is 2. The van der Waals surface area contributed by atoms with Crippen LogP contribution in [0.15, 0.2) is 46.6 Å². The molecule has 0 unspecified atom stereocenters. The van der Waals surface area contributed by atoms with Gasteiger partial charge in [0.05, 0.1) is 13.1 Å². The van der Waals surface area contributed by atoms with Crippen molar-refractivity contribution in [3.63, 3.8) is 0 Å². The molecule has 2 aromatic heterocycles. The molecule has 16 heteroatoms. The third-order valence-corrected chi connectivity index (χ3v) is 5.69. The number of hydrogen-bond donors (Lipinski definition) is 6. The zero-order valence-electron chi connectivity index (χ0n) is 24.7. The van der Waals surface area contributed by atoms with E-state index in [1.54, 1.807) is 0 Å². The largest absolute Gasteiger partial charge is 0.480 e. The quantitative estimate of drug-likeness (QED) is 0.149. The second-order valence-corrected chi connectivity index (χ2v) is 10.5. The van der Waals surface area contributed by atoms with Crippen LogP contribution < -0.4 is 21.3 Å². The van der Waals surface area contributed by atoms with Gasteiger partial charge in [0.25, 0.3) is 11.8 Å². The van der Waals surface area contributed by atoms with E-state index >= 15 is 0 Å². The topological polar surface area (TPSA) is 241 Å². The molecule has 4 amide bonds. The number of carbonyl (C=O) groups is 6. The molecule has 2 rings (SSSR count). The number of carbonyl (C=O) groups excluding carboxylic acids is 4. The molecule has 0 aliphatic heterocycles. The number of pyridine rings is 2. The summed E-state index contributed by atoms with van der Waals surface area (Å²) in [5.41, 5.74) is -0.159. The van der Waals surface area contributed by atoms with Crippen molar-refractivity contribution in [3.8, 4) is 0 Å². The van der Waals surface area contributed by atoms with Gasteiger partial charge < -0.3 is 31.5 Å². The molecule has 0 saturated carbocycles. The molecule has 0 fully saturated rings. The van der Waals surface area contributed by atoms with Crippen LogP contribution in [0.4, 0.5) is 11.6 Å². The predicted molar refractivity (Wildman–Crippen MR) is 155 cm³/mol. The summed E-state index contributed by atoms with van der Waals surface area (Å²) in [5, 5.41) is 35.8. The highest BCUT2D eigenvalue weighted by Gasteiger charge is 2.22. The molecule has 0 aliphatic carbocycles. The lowest BCUT2D eigenvalue weighted by Crippen LogP contribution is -2.46. The Morgan fingerprint density at radius 2 is 1.02 bits per heavy atom. The molecule has 0 spiro atoms. The summed E-state index contributed by atoms with van der Waals surface area (Å²) in [6, 6.07) is 6.48. The fourth-order valence-electron chi connectivity index (χ4n) is 3.69. The Labute approximate surface area is 253 Å².